The van der Waals surface area contributed by atoms with Gasteiger partial charge in [-0.3, -0.25) is 14.4 Å². The van der Waals surface area contributed by atoms with Gasteiger partial charge in [0.05, 0.1) is 6.04 Å². The van der Waals surface area contributed by atoms with Crippen LogP contribution in [0.25, 0.3) is 11.4 Å². The molecular formula is C22H22F3N5O4. The van der Waals surface area contributed by atoms with Gasteiger partial charge in [0.1, 0.15) is 6.04 Å². The van der Waals surface area contributed by atoms with Crippen LogP contribution >= 0.6 is 0 Å². The molecule has 1 aromatic carbocycles. The normalized spacial score (nSPS) is 24.8. The Morgan fingerprint density at radius 3 is 2.68 bits per heavy atom. The second kappa shape index (κ2) is 8.41. The summed E-state index contributed by atoms with van der Waals surface area (Å²) in [5.41, 5.74) is 1.36. The summed E-state index contributed by atoms with van der Waals surface area (Å²) in [4.78, 5) is 42.5. The lowest BCUT2D eigenvalue weighted by atomic mass is 9.89. The Morgan fingerprint density at radius 2 is 1.97 bits per heavy atom. The molecule has 0 bridgehead atoms. The van der Waals surface area contributed by atoms with Crippen LogP contribution in [0.2, 0.25) is 0 Å². The van der Waals surface area contributed by atoms with E-state index in [9.17, 15) is 27.6 Å². The van der Waals surface area contributed by atoms with E-state index in [-0.39, 0.29) is 41.2 Å². The van der Waals surface area contributed by atoms with Crippen LogP contribution < -0.4 is 10.6 Å². The van der Waals surface area contributed by atoms with Crippen molar-refractivity contribution < 1.29 is 32.1 Å². The van der Waals surface area contributed by atoms with Crippen molar-refractivity contribution in [2.24, 2.45) is 0 Å². The maximum absolute atomic E-state index is 13.3. The van der Waals surface area contributed by atoms with E-state index in [1.807, 2.05) is 0 Å². The SMILES string of the molecule is O=C1CC[C@@H](C(=O)N[C@@H]2CCCC[C@H]2N2Cc3ccc(-c4noc(C(F)(F)F)n4)cc3C2=O)N1. The van der Waals surface area contributed by atoms with Crippen LogP contribution in [-0.4, -0.2) is 50.9 Å². The minimum absolute atomic E-state index is 0.148. The molecule has 2 aliphatic heterocycles. The maximum atomic E-state index is 13.3. The number of hydrogen-bond acceptors (Lipinski definition) is 6. The van der Waals surface area contributed by atoms with E-state index >= 15 is 0 Å². The van der Waals surface area contributed by atoms with Gasteiger partial charge in [-0.25, -0.2) is 0 Å². The van der Waals surface area contributed by atoms with Crippen LogP contribution in [0.1, 0.15) is 60.3 Å². The largest absolute Gasteiger partial charge is 0.471 e. The summed E-state index contributed by atoms with van der Waals surface area (Å²) in [7, 11) is 0. The summed E-state index contributed by atoms with van der Waals surface area (Å²) < 4.78 is 42.7. The molecule has 34 heavy (non-hydrogen) atoms. The van der Waals surface area contributed by atoms with Gasteiger partial charge in [0.15, 0.2) is 0 Å². The Hall–Kier alpha value is -3.44. The van der Waals surface area contributed by atoms with Gasteiger partial charge in [0, 0.05) is 30.1 Å². The third-order valence-corrected chi connectivity index (χ3v) is 6.64. The molecule has 1 saturated heterocycles. The Labute approximate surface area is 192 Å². The van der Waals surface area contributed by atoms with Gasteiger partial charge in [0.2, 0.25) is 17.6 Å². The zero-order valence-electron chi connectivity index (χ0n) is 18.0. The third-order valence-electron chi connectivity index (χ3n) is 6.64. The average Bonchev–Trinajstić information content (AvgIpc) is 3.53. The molecule has 0 unspecified atom stereocenters. The highest BCUT2D eigenvalue weighted by Crippen LogP contribution is 2.34. The monoisotopic (exact) mass is 477 g/mol. The van der Waals surface area contributed by atoms with Gasteiger partial charge in [0.25, 0.3) is 5.91 Å². The number of hydrogen-bond donors (Lipinski definition) is 2. The molecule has 3 aliphatic rings. The molecule has 1 aromatic heterocycles. The van der Waals surface area contributed by atoms with Crippen LogP contribution in [0.3, 0.4) is 0 Å². The van der Waals surface area contributed by atoms with Crippen LogP contribution in [0.4, 0.5) is 13.2 Å². The molecule has 2 N–H and O–H groups in total. The number of carbonyl (C=O) groups is 3. The average molecular weight is 477 g/mol. The zero-order chi connectivity index (χ0) is 24.0. The molecule has 9 nitrogen and oxygen atoms in total. The van der Waals surface area contributed by atoms with Gasteiger partial charge in [-0.05, 0) is 30.9 Å². The number of alkyl halides is 3. The van der Waals surface area contributed by atoms with E-state index in [4.69, 9.17) is 0 Å². The lowest BCUT2D eigenvalue weighted by Gasteiger charge is -2.38. The number of aromatic nitrogens is 2. The second-order valence-electron chi connectivity index (χ2n) is 8.85. The van der Waals surface area contributed by atoms with E-state index in [0.717, 1.165) is 18.4 Å². The molecule has 1 saturated carbocycles. The summed E-state index contributed by atoms with van der Waals surface area (Å²) in [6.07, 6.45) is -0.733. The fraction of sp³-hybridized carbons (Fsp3) is 0.500. The molecule has 3 atom stereocenters. The highest BCUT2D eigenvalue weighted by molar-refractivity contribution is 5.99. The molecular weight excluding hydrogens is 455 g/mol. The van der Waals surface area contributed by atoms with Crippen molar-refractivity contribution in [1.82, 2.24) is 25.7 Å². The fourth-order valence-electron chi connectivity index (χ4n) is 4.93. The van der Waals surface area contributed by atoms with E-state index in [2.05, 4.69) is 25.3 Å². The van der Waals surface area contributed by atoms with Crippen molar-refractivity contribution in [2.45, 2.75) is 69.4 Å². The topological polar surface area (TPSA) is 117 Å². The lowest BCUT2D eigenvalue weighted by Crippen LogP contribution is -2.56. The van der Waals surface area contributed by atoms with Crippen molar-refractivity contribution in [2.75, 3.05) is 0 Å². The molecule has 0 spiro atoms. The van der Waals surface area contributed by atoms with Gasteiger partial charge >= 0.3 is 12.1 Å². The Bertz CT molecular complexity index is 1150. The molecule has 1 aliphatic carbocycles. The van der Waals surface area contributed by atoms with Gasteiger partial charge in [-0.1, -0.05) is 30.1 Å². The van der Waals surface area contributed by atoms with E-state index in [1.54, 1.807) is 17.0 Å². The van der Waals surface area contributed by atoms with Crippen molar-refractivity contribution in [3.05, 3.63) is 35.2 Å². The minimum atomic E-state index is -4.75. The molecule has 2 fully saturated rings. The number of nitrogens with zero attached hydrogens (tertiary/aromatic N) is 3. The molecule has 5 rings (SSSR count). The van der Waals surface area contributed by atoms with Gasteiger partial charge < -0.3 is 20.1 Å². The van der Waals surface area contributed by atoms with Gasteiger partial charge in [-0.2, -0.15) is 18.2 Å². The number of carbonyl (C=O) groups excluding carboxylic acids is 3. The van der Waals surface area contributed by atoms with Gasteiger partial charge in [-0.15, -0.1) is 0 Å². The minimum Gasteiger partial charge on any atom is -0.350 e. The van der Waals surface area contributed by atoms with E-state index < -0.39 is 18.1 Å². The van der Waals surface area contributed by atoms with Crippen molar-refractivity contribution in [1.29, 1.82) is 0 Å². The third kappa shape index (κ3) is 4.12. The molecule has 3 amide bonds. The van der Waals surface area contributed by atoms with Crippen LogP contribution in [-0.2, 0) is 22.3 Å². The molecule has 2 aromatic rings. The fourth-order valence-corrected chi connectivity index (χ4v) is 4.93. The molecule has 180 valence electrons. The first-order valence-corrected chi connectivity index (χ1v) is 11.2. The van der Waals surface area contributed by atoms with Crippen molar-refractivity contribution in [3.63, 3.8) is 0 Å². The van der Waals surface area contributed by atoms with Crippen LogP contribution in [0.15, 0.2) is 22.7 Å². The lowest BCUT2D eigenvalue weighted by molar-refractivity contribution is -0.159. The zero-order valence-corrected chi connectivity index (χ0v) is 18.0. The van der Waals surface area contributed by atoms with Crippen LogP contribution in [0.5, 0.6) is 0 Å². The number of fused-ring (bicyclic) bond motifs is 1. The quantitative estimate of drug-likeness (QED) is 0.699. The second-order valence-corrected chi connectivity index (χ2v) is 8.85. The molecule has 0 radical (unpaired) electrons. The van der Waals surface area contributed by atoms with E-state index in [1.165, 1.54) is 6.07 Å². The Morgan fingerprint density at radius 1 is 1.18 bits per heavy atom. The van der Waals surface area contributed by atoms with Crippen molar-refractivity contribution >= 4 is 17.7 Å². The first-order valence-electron chi connectivity index (χ1n) is 11.2. The van der Waals surface area contributed by atoms with Crippen LogP contribution in [0, 0.1) is 0 Å². The summed E-state index contributed by atoms with van der Waals surface area (Å²) >= 11 is 0. The number of nitrogens with one attached hydrogen (secondary N) is 2. The predicted molar refractivity (Wildman–Crippen MR) is 110 cm³/mol. The number of rotatable bonds is 4. The summed E-state index contributed by atoms with van der Waals surface area (Å²) in [6.45, 7) is 0.339. The summed E-state index contributed by atoms with van der Waals surface area (Å²) in [5, 5.41) is 9.08. The first kappa shape index (κ1) is 22.4. The number of amides is 3. The standard InChI is InChI=1S/C22H22F3N5O4/c23-22(24,25)21-28-18(29-34-21)11-5-6-12-10-30(20(33)13(12)9-11)16-4-2-1-3-14(16)27-19(32)15-7-8-17(31)26-15/h5-6,9,14-16H,1-4,7-8,10H2,(H,26,31)(H,27,32)/t14-,15+,16-/m1/s1. The summed E-state index contributed by atoms with van der Waals surface area (Å²) in [6, 6.07) is 3.69. The number of halogens is 3. The summed E-state index contributed by atoms with van der Waals surface area (Å²) in [5.74, 6) is -2.34. The predicted octanol–water partition coefficient (Wildman–Crippen LogP) is 2.42. The van der Waals surface area contributed by atoms with Crippen molar-refractivity contribution in [3.8, 4) is 11.4 Å². The highest BCUT2D eigenvalue weighted by atomic mass is 19.4. The Balaban J connectivity index is 1.33. The first-order chi connectivity index (χ1) is 16.2. The number of benzene rings is 1. The highest BCUT2D eigenvalue weighted by Gasteiger charge is 2.41. The smallest absolute Gasteiger partial charge is 0.350 e. The molecule has 3 heterocycles. The Kier molecular flexibility index (Phi) is 5.53. The maximum Gasteiger partial charge on any atom is 0.471 e. The van der Waals surface area contributed by atoms with E-state index in [0.29, 0.717) is 37.8 Å². The molecule has 12 heteroatoms.